The van der Waals surface area contributed by atoms with Crippen LogP contribution < -0.4 is 10.6 Å². The molecule has 1 amide bonds. The van der Waals surface area contributed by atoms with Gasteiger partial charge in [0.25, 0.3) is 5.91 Å². The van der Waals surface area contributed by atoms with Crippen LogP contribution in [0.5, 0.6) is 0 Å². The van der Waals surface area contributed by atoms with E-state index in [-0.39, 0.29) is 11.9 Å². The van der Waals surface area contributed by atoms with Gasteiger partial charge < -0.3 is 10.6 Å². The van der Waals surface area contributed by atoms with E-state index in [2.05, 4.69) is 58.0 Å². The Morgan fingerprint density at radius 1 is 0.967 bits per heavy atom. The molecule has 1 aliphatic heterocycles. The molecule has 2 N–H and O–H groups in total. The Bertz CT molecular complexity index is 856. The molecule has 3 aliphatic rings. The normalized spacial score (nSPS) is 24.5. The molecule has 2 aromatic rings. The van der Waals surface area contributed by atoms with Crippen LogP contribution in [-0.4, -0.2) is 42.5 Å². The van der Waals surface area contributed by atoms with Crippen LogP contribution in [0.25, 0.3) is 0 Å². The van der Waals surface area contributed by atoms with E-state index >= 15 is 0 Å². The summed E-state index contributed by atoms with van der Waals surface area (Å²) in [6.07, 6.45) is 6.04. The van der Waals surface area contributed by atoms with E-state index < -0.39 is 0 Å². The van der Waals surface area contributed by atoms with Crippen molar-refractivity contribution in [1.29, 1.82) is 0 Å². The highest BCUT2D eigenvalue weighted by molar-refractivity contribution is 5.94. The van der Waals surface area contributed by atoms with Gasteiger partial charge in [-0.25, -0.2) is 0 Å². The van der Waals surface area contributed by atoms with Crippen molar-refractivity contribution in [2.45, 2.75) is 56.7 Å². The molecule has 1 heterocycles. The zero-order valence-electron chi connectivity index (χ0n) is 17.7. The smallest absolute Gasteiger partial charge is 0.251 e. The molecule has 0 spiro atoms. The molecule has 158 valence electrons. The van der Waals surface area contributed by atoms with Crippen LogP contribution in [0, 0.1) is 5.92 Å². The third kappa shape index (κ3) is 5.11. The summed E-state index contributed by atoms with van der Waals surface area (Å²) in [4.78, 5) is 15.3. The first-order valence-corrected chi connectivity index (χ1v) is 11.6. The molecule has 5 rings (SSSR count). The Labute approximate surface area is 180 Å². The highest BCUT2D eigenvalue weighted by atomic mass is 16.1. The number of hydrogen-bond acceptors (Lipinski definition) is 3. The second-order valence-corrected chi connectivity index (χ2v) is 9.44. The summed E-state index contributed by atoms with van der Waals surface area (Å²) in [6, 6.07) is 19.8. The van der Waals surface area contributed by atoms with E-state index in [1.807, 2.05) is 12.1 Å². The molecular formula is C26H33N3O. The van der Waals surface area contributed by atoms with Gasteiger partial charge in [-0.3, -0.25) is 9.69 Å². The van der Waals surface area contributed by atoms with E-state index in [0.29, 0.717) is 12.0 Å². The fourth-order valence-electron chi connectivity index (χ4n) is 4.69. The number of likely N-dealkylation sites (tertiary alicyclic amines) is 1. The molecule has 0 bridgehead atoms. The van der Waals surface area contributed by atoms with Gasteiger partial charge in [-0.1, -0.05) is 42.5 Å². The maximum atomic E-state index is 12.8. The largest absolute Gasteiger partial charge is 0.349 e. The lowest BCUT2D eigenvalue weighted by atomic mass is 10.0. The van der Waals surface area contributed by atoms with Crippen LogP contribution in [-0.2, 0) is 6.54 Å². The molecule has 4 nitrogen and oxygen atoms in total. The number of carbonyl (C=O) groups is 1. The average molecular weight is 404 g/mol. The number of carbonyl (C=O) groups excluding carboxylic acids is 1. The Kier molecular flexibility index (Phi) is 5.87. The van der Waals surface area contributed by atoms with Gasteiger partial charge in [-0.05, 0) is 67.8 Å². The topological polar surface area (TPSA) is 44.4 Å². The summed E-state index contributed by atoms with van der Waals surface area (Å²) in [5.41, 5.74) is 3.49. The van der Waals surface area contributed by atoms with E-state index in [0.717, 1.165) is 44.0 Å². The summed E-state index contributed by atoms with van der Waals surface area (Å²) in [7, 11) is 0. The summed E-state index contributed by atoms with van der Waals surface area (Å²) in [5, 5.41) is 6.98. The Morgan fingerprint density at radius 3 is 2.53 bits per heavy atom. The van der Waals surface area contributed by atoms with Gasteiger partial charge in [0.15, 0.2) is 0 Å². The molecule has 2 aromatic carbocycles. The van der Waals surface area contributed by atoms with Crippen molar-refractivity contribution in [1.82, 2.24) is 15.5 Å². The van der Waals surface area contributed by atoms with Crippen molar-refractivity contribution in [2.24, 2.45) is 5.92 Å². The molecule has 2 aliphatic carbocycles. The fraction of sp³-hybridized carbons (Fsp3) is 0.500. The number of hydrogen-bond donors (Lipinski definition) is 2. The zero-order valence-corrected chi connectivity index (χ0v) is 17.7. The van der Waals surface area contributed by atoms with Crippen molar-refractivity contribution in [3.8, 4) is 0 Å². The van der Waals surface area contributed by atoms with Crippen LogP contribution in [0.1, 0.15) is 59.5 Å². The molecule has 2 atom stereocenters. The van der Waals surface area contributed by atoms with Crippen molar-refractivity contribution in [3.63, 3.8) is 0 Å². The highest BCUT2D eigenvalue weighted by Gasteiger charge is 2.39. The second kappa shape index (κ2) is 8.91. The SMILES string of the molecule is O=C(NC1CCN(Cc2ccccc2)CC1)c1cccc([C@@H]2C[C@H]2NCC2CC2)c1. The standard InChI is InChI=1S/C26H33N3O/c30-26(28-23-11-13-29(14-12-23)18-20-5-2-1-3-6-20)22-8-4-7-21(15-22)24-16-25(24)27-17-19-9-10-19/h1-8,15,19,23-25,27H,9-14,16-18H2,(H,28,30)/t24-,25+/m0/s1. The summed E-state index contributed by atoms with van der Waals surface area (Å²) < 4.78 is 0. The van der Waals surface area contributed by atoms with Crippen LogP contribution in [0.15, 0.2) is 54.6 Å². The lowest BCUT2D eigenvalue weighted by Crippen LogP contribution is -2.44. The molecule has 30 heavy (non-hydrogen) atoms. The van der Waals surface area contributed by atoms with Crippen molar-refractivity contribution >= 4 is 5.91 Å². The maximum Gasteiger partial charge on any atom is 0.251 e. The zero-order chi connectivity index (χ0) is 20.3. The lowest BCUT2D eigenvalue weighted by Gasteiger charge is -2.32. The summed E-state index contributed by atoms with van der Waals surface area (Å²) in [6.45, 7) is 4.25. The minimum Gasteiger partial charge on any atom is -0.349 e. The van der Waals surface area contributed by atoms with Crippen LogP contribution in [0.3, 0.4) is 0 Å². The number of nitrogens with one attached hydrogen (secondary N) is 2. The number of nitrogens with zero attached hydrogens (tertiary/aromatic N) is 1. The second-order valence-electron chi connectivity index (χ2n) is 9.44. The fourth-order valence-corrected chi connectivity index (χ4v) is 4.69. The van der Waals surface area contributed by atoms with E-state index in [1.54, 1.807) is 0 Å². The van der Waals surface area contributed by atoms with Gasteiger partial charge in [0.1, 0.15) is 0 Å². The van der Waals surface area contributed by atoms with Crippen LogP contribution in [0.4, 0.5) is 0 Å². The molecule has 0 radical (unpaired) electrons. The predicted molar refractivity (Wildman–Crippen MR) is 121 cm³/mol. The molecule has 1 saturated heterocycles. The summed E-state index contributed by atoms with van der Waals surface area (Å²) >= 11 is 0. The van der Waals surface area contributed by atoms with E-state index in [9.17, 15) is 4.79 Å². The Morgan fingerprint density at radius 2 is 1.77 bits per heavy atom. The van der Waals surface area contributed by atoms with Gasteiger partial charge in [-0.2, -0.15) is 0 Å². The van der Waals surface area contributed by atoms with Crippen molar-refractivity contribution in [3.05, 3.63) is 71.3 Å². The molecule has 2 saturated carbocycles. The molecule has 0 unspecified atom stereocenters. The lowest BCUT2D eigenvalue weighted by molar-refractivity contribution is 0.0909. The van der Waals surface area contributed by atoms with Gasteiger partial charge >= 0.3 is 0 Å². The number of piperidine rings is 1. The van der Waals surface area contributed by atoms with Gasteiger partial charge in [0.2, 0.25) is 0 Å². The Hall–Kier alpha value is -2.17. The molecular weight excluding hydrogens is 370 g/mol. The minimum atomic E-state index is 0.0847. The molecule has 3 fully saturated rings. The first kappa shape index (κ1) is 19.8. The van der Waals surface area contributed by atoms with Crippen LogP contribution in [0.2, 0.25) is 0 Å². The van der Waals surface area contributed by atoms with Crippen molar-refractivity contribution < 1.29 is 4.79 Å². The first-order valence-electron chi connectivity index (χ1n) is 11.6. The Balaban J connectivity index is 1.09. The molecule has 0 aromatic heterocycles. The first-order chi connectivity index (χ1) is 14.7. The van der Waals surface area contributed by atoms with Gasteiger partial charge in [-0.15, -0.1) is 0 Å². The quantitative estimate of drug-likeness (QED) is 0.702. The predicted octanol–water partition coefficient (Wildman–Crippen LogP) is 3.94. The monoisotopic (exact) mass is 403 g/mol. The van der Waals surface area contributed by atoms with Crippen molar-refractivity contribution in [2.75, 3.05) is 19.6 Å². The minimum absolute atomic E-state index is 0.0847. The number of rotatable bonds is 8. The highest BCUT2D eigenvalue weighted by Crippen LogP contribution is 2.41. The number of benzene rings is 2. The average Bonchev–Trinajstić information content (AvgIpc) is 3.69. The third-order valence-electron chi connectivity index (χ3n) is 6.90. The van der Waals surface area contributed by atoms with Crippen LogP contribution >= 0.6 is 0 Å². The maximum absolute atomic E-state index is 12.8. The molecule has 4 heteroatoms. The third-order valence-corrected chi connectivity index (χ3v) is 6.90. The van der Waals surface area contributed by atoms with E-state index in [4.69, 9.17) is 0 Å². The van der Waals surface area contributed by atoms with Gasteiger partial charge in [0.05, 0.1) is 0 Å². The summed E-state index contributed by atoms with van der Waals surface area (Å²) in [5.74, 6) is 1.58. The van der Waals surface area contributed by atoms with Gasteiger partial charge in [0, 0.05) is 43.2 Å². The van der Waals surface area contributed by atoms with E-state index in [1.165, 1.54) is 36.9 Å². The number of amides is 1.